The van der Waals surface area contributed by atoms with Crippen LogP contribution in [0.25, 0.3) is 0 Å². The molecule has 22 heavy (non-hydrogen) atoms. The maximum Gasteiger partial charge on any atom is 0.356 e. The first-order valence-corrected chi connectivity index (χ1v) is 10.3. The highest BCUT2D eigenvalue weighted by Gasteiger charge is 2.36. The van der Waals surface area contributed by atoms with Gasteiger partial charge in [-0.1, -0.05) is 20.8 Å². The molecule has 1 heterocycles. The minimum absolute atomic E-state index is 0.187. The number of carbonyl (C=O) groups excluding carboxylic acids is 1. The normalized spacial score (nSPS) is 12.1. The summed E-state index contributed by atoms with van der Waals surface area (Å²) in [6, 6.07) is 1.66. The molecule has 0 aliphatic rings. The maximum atomic E-state index is 11.4. The number of esters is 1. The van der Waals surface area contributed by atoms with Gasteiger partial charge in [0.2, 0.25) is 0 Å². The number of aryl methyl sites for hydroxylation is 1. The van der Waals surface area contributed by atoms with Gasteiger partial charge >= 0.3 is 5.97 Å². The predicted octanol–water partition coefficient (Wildman–Crippen LogP) is 3.58. The highest BCUT2D eigenvalue weighted by atomic mass is 28.4. The van der Waals surface area contributed by atoms with E-state index >= 15 is 0 Å². The van der Waals surface area contributed by atoms with Gasteiger partial charge in [-0.15, -0.1) is 0 Å². The van der Waals surface area contributed by atoms with E-state index in [0.29, 0.717) is 19.0 Å². The van der Waals surface area contributed by atoms with E-state index in [1.807, 2.05) is 6.92 Å². The average Bonchev–Trinajstić information content (AvgIpc) is 2.42. The molecular formula is C16H27NO4Si. The van der Waals surface area contributed by atoms with E-state index in [-0.39, 0.29) is 10.7 Å². The number of hydrogen-bond donors (Lipinski definition) is 0. The molecule has 0 bridgehead atoms. The van der Waals surface area contributed by atoms with Crippen molar-refractivity contribution in [3.63, 3.8) is 0 Å². The maximum absolute atomic E-state index is 11.4. The summed E-state index contributed by atoms with van der Waals surface area (Å²) >= 11 is 0. The summed E-state index contributed by atoms with van der Waals surface area (Å²) in [5, 5.41) is 0.187. The summed E-state index contributed by atoms with van der Waals surface area (Å²) in [7, 11) is -0.407. The van der Waals surface area contributed by atoms with Gasteiger partial charge in [0.15, 0.2) is 8.32 Å². The standard InChI is InChI=1S/C16H27NO4Si/c1-12-10-13(15(18)19-5)17-11-14(12)20-8-9-21-22(6,7)16(2,3)4/h10-11H,8-9H2,1-7H3. The van der Waals surface area contributed by atoms with Crippen LogP contribution >= 0.6 is 0 Å². The minimum Gasteiger partial charge on any atom is -0.489 e. The molecular weight excluding hydrogens is 298 g/mol. The Bertz CT molecular complexity index is 523. The Morgan fingerprint density at radius 1 is 1.27 bits per heavy atom. The Balaban J connectivity index is 2.54. The topological polar surface area (TPSA) is 57.7 Å². The predicted molar refractivity (Wildman–Crippen MR) is 89.0 cm³/mol. The zero-order valence-electron chi connectivity index (χ0n) is 14.6. The van der Waals surface area contributed by atoms with Gasteiger partial charge in [0, 0.05) is 0 Å². The number of ether oxygens (including phenoxy) is 2. The van der Waals surface area contributed by atoms with E-state index in [4.69, 9.17) is 9.16 Å². The first-order valence-electron chi connectivity index (χ1n) is 7.40. The van der Waals surface area contributed by atoms with Crippen LogP contribution in [0.1, 0.15) is 36.8 Å². The van der Waals surface area contributed by atoms with Crippen molar-refractivity contribution in [1.29, 1.82) is 0 Å². The lowest BCUT2D eigenvalue weighted by molar-refractivity contribution is 0.0593. The average molecular weight is 325 g/mol. The van der Waals surface area contributed by atoms with Crippen molar-refractivity contribution in [2.45, 2.75) is 45.8 Å². The number of nitrogens with zero attached hydrogens (tertiary/aromatic N) is 1. The van der Waals surface area contributed by atoms with Crippen molar-refractivity contribution in [1.82, 2.24) is 4.98 Å². The van der Waals surface area contributed by atoms with Gasteiger partial charge in [0.05, 0.1) is 19.9 Å². The first-order chi connectivity index (χ1) is 10.1. The Kier molecular flexibility index (Phi) is 6.14. The molecule has 0 unspecified atom stereocenters. The summed E-state index contributed by atoms with van der Waals surface area (Å²) in [5.74, 6) is 0.211. The molecule has 0 aliphatic carbocycles. The summed E-state index contributed by atoms with van der Waals surface area (Å²) in [6.45, 7) is 13.9. The number of carbonyl (C=O) groups is 1. The largest absolute Gasteiger partial charge is 0.489 e. The molecule has 0 N–H and O–H groups in total. The fourth-order valence-electron chi connectivity index (χ4n) is 1.58. The number of pyridine rings is 1. The molecule has 0 saturated heterocycles. The number of aromatic nitrogens is 1. The van der Waals surface area contributed by atoms with Gasteiger partial charge in [-0.05, 0) is 36.7 Å². The minimum atomic E-state index is -1.74. The van der Waals surface area contributed by atoms with Gasteiger partial charge in [0.25, 0.3) is 0 Å². The van der Waals surface area contributed by atoms with Crippen LogP contribution in [0.15, 0.2) is 12.3 Å². The van der Waals surface area contributed by atoms with Crippen molar-refractivity contribution >= 4 is 14.3 Å². The van der Waals surface area contributed by atoms with Gasteiger partial charge in [-0.25, -0.2) is 9.78 Å². The molecule has 0 aliphatic heterocycles. The van der Waals surface area contributed by atoms with Crippen LogP contribution in [-0.2, 0) is 9.16 Å². The fraction of sp³-hybridized carbons (Fsp3) is 0.625. The van der Waals surface area contributed by atoms with Crippen LogP contribution in [0.2, 0.25) is 18.1 Å². The SMILES string of the molecule is COC(=O)c1cc(C)c(OCCO[Si](C)(C)C(C)(C)C)cn1. The second-order valence-corrected chi connectivity index (χ2v) is 11.6. The lowest BCUT2D eigenvalue weighted by Gasteiger charge is -2.36. The smallest absolute Gasteiger partial charge is 0.356 e. The highest BCUT2D eigenvalue weighted by Crippen LogP contribution is 2.36. The molecule has 0 fully saturated rings. The molecule has 0 atom stereocenters. The Morgan fingerprint density at radius 3 is 2.41 bits per heavy atom. The van der Waals surface area contributed by atoms with Crippen LogP contribution in [0.3, 0.4) is 0 Å². The zero-order valence-corrected chi connectivity index (χ0v) is 15.6. The summed E-state index contributed by atoms with van der Waals surface area (Å²) in [5.41, 5.74) is 1.13. The molecule has 0 spiro atoms. The zero-order chi connectivity index (χ0) is 17.0. The lowest BCUT2D eigenvalue weighted by atomic mass is 10.2. The third kappa shape index (κ3) is 4.81. The van der Waals surface area contributed by atoms with Gasteiger partial charge in [-0.3, -0.25) is 0 Å². The van der Waals surface area contributed by atoms with Crippen LogP contribution < -0.4 is 4.74 Å². The second-order valence-electron chi connectivity index (χ2n) is 6.78. The van der Waals surface area contributed by atoms with E-state index in [2.05, 4.69) is 43.6 Å². The quantitative estimate of drug-likeness (QED) is 0.454. The molecule has 1 aromatic rings. The number of hydrogen-bond acceptors (Lipinski definition) is 5. The van der Waals surface area contributed by atoms with Crippen molar-refractivity contribution in [2.75, 3.05) is 20.3 Å². The van der Waals surface area contributed by atoms with E-state index in [9.17, 15) is 4.79 Å². The molecule has 1 rings (SSSR count). The molecule has 1 aromatic heterocycles. The molecule has 124 valence electrons. The molecule has 5 nitrogen and oxygen atoms in total. The highest BCUT2D eigenvalue weighted by molar-refractivity contribution is 6.74. The van der Waals surface area contributed by atoms with Gasteiger partial charge < -0.3 is 13.9 Å². The third-order valence-corrected chi connectivity index (χ3v) is 8.61. The van der Waals surface area contributed by atoms with Crippen molar-refractivity contribution in [2.24, 2.45) is 0 Å². The summed E-state index contributed by atoms with van der Waals surface area (Å²) < 4.78 is 16.4. The molecule has 0 saturated carbocycles. The number of methoxy groups -OCH3 is 1. The number of rotatable bonds is 6. The van der Waals surface area contributed by atoms with Crippen LogP contribution in [-0.4, -0.2) is 39.6 Å². The molecule has 0 radical (unpaired) electrons. The monoisotopic (exact) mass is 325 g/mol. The van der Waals surface area contributed by atoms with E-state index in [1.54, 1.807) is 12.3 Å². The van der Waals surface area contributed by atoms with Crippen LogP contribution in [0.4, 0.5) is 0 Å². The summed E-state index contributed by atoms with van der Waals surface area (Å²) in [6.07, 6.45) is 1.55. The lowest BCUT2D eigenvalue weighted by Crippen LogP contribution is -2.41. The first kappa shape index (κ1) is 18.6. The Labute approximate surface area is 134 Å². The van der Waals surface area contributed by atoms with Gasteiger partial charge in [0.1, 0.15) is 18.1 Å². The third-order valence-electron chi connectivity index (χ3n) is 4.07. The van der Waals surface area contributed by atoms with E-state index in [0.717, 1.165) is 5.56 Å². The second kappa shape index (κ2) is 7.24. The fourth-order valence-corrected chi connectivity index (χ4v) is 2.60. The Hall–Kier alpha value is -1.40. The Morgan fingerprint density at radius 2 is 1.91 bits per heavy atom. The van der Waals surface area contributed by atoms with Crippen molar-refractivity contribution < 1.29 is 18.7 Å². The van der Waals surface area contributed by atoms with Crippen LogP contribution in [0.5, 0.6) is 5.75 Å². The van der Waals surface area contributed by atoms with E-state index < -0.39 is 14.3 Å². The van der Waals surface area contributed by atoms with E-state index in [1.165, 1.54) is 7.11 Å². The molecule has 6 heteroatoms. The van der Waals surface area contributed by atoms with Crippen LogP contribution in [0, 0.1) is 6.92 Å². The van der Waals surface area contributed by atoms with Crippen molar-refractivity contribution in [3.05, 3.63) is 23.5 Å². The van der Waals surface area contributed by atoms with Crippen molar-refractivity contribution in [3.8, 4) is 5.75 Å². The molecule has 0 aromatic carbocycles. The van der Waals surface area contributed by atoms with Gasteiger partial charge in [-0.2, -0.15) is 0 Å². The summed E-state index contributed by atoms with van der Waals surface area (Å²) in [4.78, 5) is 15.4. The molecule has 0 amide bonds.